The summed E-state index contributed by atoms with van der Waals surface area (Å²) >= 11 is 1.63. The largest absolute Gasteiger partial charge is 0.325 e. The summed E-state index contributed by atoms with van der Waals surface area (Å²) in [7, 11) is 0. The van der Waals surface area contributed by atoms with Crippen molar-refractivity contribution >= 4 is 34.1 Å². The minimum absolute atomic E-state index is 0.0364. The third-order valence-corrected chi connectivity index (χ3v) is 5.18. The summed E-state index contributed by atoms with van der Waals surface area (Å²) in [6.45, 7) is 8.23. The van der Waals surface area contributed by atoms with Crippen molar-refractivity contribution in [3.8, 4) is 0 Å². The van der Waals surface area contributed by atoms with Crippen LogP contribution in [-0.4, -0.2) is 11.0 Å². The molecule has 1 N–H and O–H groups in total. The summed E-state index contributed by atoms with van der Waals surface area (Å²) in [5.41, 5.74) is 4.87. The van der Waals surface area contributed by atoms with Crippen LogP contribution < -0.4 is 5.32 Å². The number of amides is 1. The molecule has 0 fully saturated rings. The summed E-state index contributed by atoms with van der Waals surface area (Å²) < 4.78 is 0. The van der Waals surface area contributed by atoms with Crippen LogP contribution in [-0.2, 0) is 11.2 Å². The van der Waals surface area contributed by atoms with Crippen molar-refractivity contribution in [2.45, 2.75) is 40.5 Å². The van der Waals surface area contributed by atoms with Gasteiger partial charge in [-0.15, -0.1) is 0 Å². The minimum Gasteiger partial charge on any atom is -0.325 e. The van der Waals surface area contributed by atoms with Crippen LogP contribution in [0.2, 0.25) is 0 Å². The molecule has 0 aliphatic carbocycles. The van der Waals surface area contributed by atoms with Gasteiger partial charge in [0.05, 0.1) is 22.8 Å². The molecule has 4 heteroatoms. The van der Waals surface area contributed by atoms with Crippen molar-refractivity contribution in [2.75, 3.05) is 5.32 Å². The van der Waals surface area contributed by atoms with Crippen molar-refractivity contribution in [3.05, 3.63) is 82.8 Å². The summed E-state index contributed by atoms with van der Waals surface area (Å²) in [5.74, 6) is -0.0364. The number of thioether (sulfide) groups is 1. The highest BCUT2D eigenvalue weighted by molar-refractivity contribution is 8.16. The number of rotatable bonds is 7. The van der Waals surface area contributed by atoms with Crippen molar-refractivity contribution in [1.82, 2.24) is 0 Å². The van der Waals surface area contributed by atoms with Gasteiger partial charge in [0.2, 0.25) is 5.91 Å². The van der Waals surface area contributed by atoms with Crippen molar-refractivity contribution < 1.29 is 4.79 Å². The summed E-state index contributed by atoms with van der Waals surface area (Å²) in [5, 5.41) is 6.14. The van der Waals surface area contributed by atoms with Crippen molar-refractivity contribution in [2.24, 2.45) is 4.99 Å². The van der Waals surface area contributed by atoms with Crippen molar-refractivity contribution in [3.63, 3.8) is 0 Å². The Bertz CT molecular complexity index is 882. The van der Waals surface area contributed by atoms with Gasteiger partial charge in [-0.2, -0.15) is 0 Å². The number of hydrogen-bond donors (Lipinski definition) is 1. The molecular formula is C24H28N2OS. The quantitative estimate of drug-likeness (QED) is 0.421. The Labute approximate surface area is 172 Å². The van der Waals surface area contributed by atoms with Crippen LogP contribution in [0.5, 0.6) is 0 Å². The number of hydrogen-bond acceptors (Lipinski definition) is 3. The van der Waals surface area contributed by atoms with Crippen molar-refractivity contribution in [1.29, 1.82) is 0 Å². The molecule has 0 aliphatic rings. The van der Waals surface area contributed by atoms with Gasteiger partial charge in [-0.1, -0.05) is 78.9 Å². The van der Waals surface area contributed by atoms with Crippen LogP contribution in [0.1, 0.15) is 45.2 Å². The molecule has 146 valence electrons. The molecule has 0 unspecified atom stereocenters. The second-order valence-corrected chi connectivity index (χ2v) is 7.56. The molecule has 3 nitrogen and oxygen atoms in total. The van der Waals surface area contributed by atoms with E-state index in [9.17, 15) is 4.79 Å². The lowest BCUT2D eigenvalue weighted by Crippen LogP contribution is -2.15. The Morgan fingerprint density at radius 1 is 1.07 bits per heavy atom. The SMILES string of the molecule is C/C=C(\N=C(C)S/C=C(\C)CC)c1ccccc1NC(=O)Cc1ccccc1. The van der Waals surface area contributed by atoms with Gasteiger partial charge in [-0.3, -0.25) is 4.79 Å². The van der Waals surface area contributed by atoms with E-state index in [2.05, 4.69) is 24.6 Å². The number of aliphatic imine (C=N–C) groups is 1. The van der Waals surface area contributed by atoms with Gasteiger partial charge in [0.25, 0.3) is 0 Å². The number of anilines is 1. The normalized spacial score (nSPS) is 12.8. The first-order chi connectivity index (χ1) is 13.5. The van der Waals surface area contributed by atoms with Crippen LogP contribution in [0.15, 0.2) is 76.6 Å². The Morgan fingerprint density at radius 2 is 1.75 bits per heavy atom. The molecule has 0 aliphatic heterocycles. The summed E-state index contributed by atoms with van der Waals surface area (Å²) in [6.07, 6.45) is 3.36. The second kappa shape index (κ2) is 11.3. The number of para-hydroxylation sites is 1. The lowest BCUT2D eigenvalue weighted by molar-refractivity contribution is -0.115. The fraction of sp³-hybridized carbons (Fsp3) is 0.250. The maximum absolute atomic E-state index is 12.5. The molecule has 0 spiro atoms. The Kier molecular flexibility index (Phi) is 8.76. The fourth-order valence-electron chi connectivity index (χ4n) is 2.54. The molecule has 28 heavy (non-hydrogen) atoms. The first-order valence-electron chi connectivity index (χ1n) is 9.50. The van der Waals surface area contributed by atoms with E-state index in [0.29, 0.717) is 6.42 Å². The Balaban J connectivity index is 2.18. The molecule has 2 aromatic rings. The van der Waals surface area contributed by atoms with Crippen LogP contribution in [0.3, 0.4) is 0 Å². The maximum atomic E-state index is 12.5. The Hall–Kier alpha value is -2.59. The van der Waals surface area contributed by atoms with E-state index in [1.165, 1.54) is 5.57 Å². The van der Waals surface area contributed by atoms with E-state index in [0.717, 1.165) is 34.0 Å². The number of benzene rings is 2. The van der Waals surface area contributed by atoms with Crippen LogP contribution >= 0.6 is 11.8 Å². The van der Waals surface area contributed by atoms with E-state index in [1.807, 2.05) is 74.5 Å². The second-order valence-electron chi connectivity index (χ2n) is 6.50. The fourth-order valence-corrected chi connectivity index (χ4v) is 3.23. The molecule has 0 bridgehead atoms. The topological polar surface area (TPSA) is 41.5 Å². The average Bonchev–Trinajstić information content (AvgIpc) is 2.71. The number of nitrogens with one attached hydrogen (secondary N) is 1. The molecule has 2 aromatic carbocycles. The van der Waals surface area contributed by atoms with Gasteiger partial charge in [0, 0.05) is 5.56 Å². The highest BCUT2D eigenvalue weighted by Gasteiger charge is 2.10. The number of carbonyl (C=O) groups is 1. The summed E-state index contributed by atoms with van der Waals surface area (Å²) in [6, 6.07) is 17.5. The van der Waals surface area contributed by atoms with Crippen LogP contribution in [0.25, 0.3) is 5.70 Å². The van der Waals surface area contributed by atoms with Gasteiger partial charge in [-0.25, -0.2) is 4.99 Å². The molecule has 0 aromatic heterocycles. The lowest BCUT2D eigenvalue weighted by atomic mass is 10.1. The Morgan fingerprint density at radius 3 is 2.43 bits per heavy atom. The molecule has 1 amide bonds. The zero-order valence-corrected chi connectivity index (χ0v) is 17.8. The van der Waals surface area contributed by atoms with Crippen LogP contribution in [0.4, 0.5) is 5.69 Å². The van der Waals surface area contributed by atoms with E-state index < -0.39 is 0 Å². The van der Waals surface area contributed by atoms with Gasteiger partial charge in [0.15, 0.2) is 0 Å². The highest BCUT2D eigenvalue weighted by Crippen LogP contribution is 2.26. The maximum Gasteiger partial charge on any atom is 0.228 e. The monoisotopic (exact) mass is 392 g/mol. The van der Waals surface area contributed by atoms with Crippen LogP contribution in [0, 0.1) is 0 Å². The molecule has 0 saturated carbocycles. The third-order valence-electron chi connectivity index (χ3n) is 4.22. The first-order valence-corrected chi connectivity index (χ1v) is 10.4. The average molecular weight is 393 g/mol. The van der Waals surface area contributed by atoms with E-state index in [-0.39, 0.29) is 5.91 Å². The molecule has 0 saturated heterocycles. The van der Waals surface area contributed by atoms with E-state index >= 15 is 0 Å². The van der Waals surface area contributed by atoms with E-state index in [1.54, 1.807) is 11.8 Å². The number of nitrogens with zero attached hydrogens (tertiary/aromatic N) is 1. The van der Waals surface area contributed by atoms with Gasteiger partial charge in [-0.05, 0) is 44.2 Å². The lowest BCUT2D eigenvalue weighted by Gasteiger charge is -2.12. The molecule has 0 atom stereocenters. The van der Waals surface area contributed by atoms with Gasteiger partial charge < -0.3 is 5.32 Å². The predicted octanol–water partition coefficient (Wildman–Crippen LogP) is 6.69. The molecule has 0 heterocycles. The molecule has 2 rings (SSSR count). The minimum atomic E-state index is -0.0364. The zero-order valence-electron chi connectivity index (χ0n) is 17.0. The van der Waals surface area contributed by atoms with Gasteiger partial charge in [0.1, 0.15) is 0 Å². The summed E-state index contributed by atoms with van der Waals surface area (Å²) in [4.78, 5) is 17.3. The molecular weight excluding hydrogens is 364 g/mol. The predicted molar refractivity (Wildman–Crippen MR) is 124 cm³/mol. The highest BCUT2D eigenvalue weighted by atomic mass is 32.2. The van der Waals surface area contributed by atoms with Gasteiger partial charge >= 0.3 is 0 Å². The third kappa shape index (κ3) is 6.86. The number of carbonyl (C=O) groups excluding carboxylic acids is 1. The number of allylic oxidation sites excluding steroid dienone is 2. The smallest absolute Gasteiger partial charge is 0.228 e. The zero-order chi connectivity index (χ0) is 20.4. The molecule has 0 radical (unpaired) electrons. The van der Waals surface area contributed by atoms with E-state index in [4.69, 9.17) is 4.99 Å². The first kappa shape index (κ1) is 21.7. The standard InChI is InChI=1S/C24H28N2OS/c1-5-18(3)17-28-19(4)25-22(6-2)21-14-10-11-15-23(21)26-24(27)16-20-12-8-7-9-13-20/h6-15,17H,5,16H2,1-4H3,(H,26,27)/b18-17+,22-6-,25-19?.